The van der Waals surface area contributed by atoms with E-state index in [2.05, 4.69) is 20.4 Å². The van der Waals surface area contributed by atoms with Gasteiger partial charge in [0, 0.05) is 18.9 Å². The van der Waals surface area contributed by atoms with Gasteiger partial charge in [-0.15, -0.1) is 0 Å². The lowest BCUT2D eigenvalue weighted by Crippen LogP contribution is -2.44. The van der Waals surface area contributed by atoms with E-state index in [4.69, 9.17) is 4.74 Å². The molecule has 144 valence electrons. The minimum Gasteiger partial charge on any atom is -0.481 e. The molecular formula is C20H22N6O2. The van der Waals surface area contributed by atoms with E-state index in [0.29, 0.717) is 37.9 Å². The standard InChI is InChI=1S/C20H22N6O2/c1-15(28-18-6-3-2-4-7-18)19(27)25-10-11-26-17(14-25)12-16(24-26)13-23-20-21-8-5-9-22-20/h2-9,12,15H,10-11,13-14H2,1H3,(H,21,22,23)/t15-/m0/s1. The van der Waals surface area contributed by atoms with E-state index in [1.165, 1.54) is 0 Å². The highest BCUT2D eigenvalue weighted by Crippen LogP contribution is 2.17. The predicted octanol–water partition coefficient (Wildman–Crippen LogP) is 2.09. The summed E-state index contributed by atoms with van der Waals surface area (Å²) in [5.41, 5.74) is 1.91. The Labute approximate surface area is 163 Å². The highest BCUT2D eigenvalue weighted by Gasteiger charge is 2.26. The lowest BCUT2D eigenvalue weighted by Gasteiger charge is -2.30. The van der Waals surface area contributed by atoms with Crippen molar-refractivity contribution in [3.8, 4) is 5.75 Å². The molecule has 0 fully saturated rings. The molecule has 0 bridgehead atoms. The van der Waals surface area contributed by atoms with Gasteiger partial charge < -0.3 is 15.0 Å². The van der Waals surface area contributed by atoms with Gasteiger partial charge in [0.15, 0.2) is 6.10 Å². The Bertz CT molecular complexity index is 928. The fourth-order valence-electron chi connectivity index (χ4n) is 3.17. The molecule has 4 rings (SSSR count). The van der Waals surface area contributed by atoms with Gasteiger partial charge in [0.25, 0.3) is 5.91 Å². The normalized spacial score (nSPS) is 14.2. The maximum absolute atomic E-state index is 12.8. The number of nitrogens with zero attached hydrogens (tertiary/aromatic N) is 5. The summed E-state index contributed by atoms with van der Waals surface area (Å²) in [5, 5.41) is 7.75. The second-order valence-electron chi connectivity index (χ2n) is 6.61. The summed E-state index contributed by atoms with van der Waals surface area (Å²) in [6.07, 6.45) is 2.85. The van der Waals surface area contributed by atoms with E-state index in [9.17, 15) is 4.79 Å². The molecule has 2 aromatic heterocycles. The van der Waals surface area contributed by atoms with Gasteiger partial charge in [-0.1, -0.05) is 18.2 Å². The Hall–Kier alpha value is -3.42. The van der Waals surface area contributed by atoms with Crippen molar-refractivity contribution in [1.82, 2.24) is 24.6 Å². The summed E-state index contributed by atoms with van der Waals surface area (Å²) < 4.78 is 7.73. The second-order valence-corrected chi connectivity index (χ2v) is 6.61. The van der Waals surface area contributed by atoms with Crippen LogP contribution in [-0.2, 0) is 24.4 Å². The first-order chi connectivity index (χ1) is 13.7. The van der Waals surface area contributed by atoms with Crippen LogP contribution in [0.4, 0.5) is 5.95 Å². The Morgan fingerprint density at radius 3 is 2.75 bits per heavy atom. The Balaban J connectivity index is 1.36. The number of hydrogen-bond acceptors (Lipinski definition) is 6. The van der Waals surface area contributed by atoms with Gasteiger partial charge in [-0.2, -0.15) is 5.10 Å². The van der Waals surface area contributed by atoms with Crippen LogP contribution in [0.15, 0.2) is 54.9 Å². The number of carbonyl (C=O) groups is 1. The SMILES string of the molecule is C[C@H](Oc1ccccc1)C(=O)N1CCn2nc(CNc3ncccn3)cc2C1. The number of hydrogen-bond donors (Lipinski definition) is 1. The van der Waals surface area contributed by atoms with E-state index >= 15 is 0 Å². The van der Waals surface area contributed by atoms with Crippen molar-refractivity contribution in [3.63, 3.8) is 0 Å². The molecule has 0 spiro atoms. The molecule has 8 heteroatoms. The molecule has 1 N–H and O–H groups in total. The van der Waals surface area contributed by atoms with Gasteiger partial charge in [0.05, 0.1) is 31.0 Å². The van der Waals surface area contributed by atoms with Crippen molar-refractivity contribution < 1.29 is 9.53 Å². The maximum atomic E-state index is 12.8. The average molecular weight is 378 g/mol. The van der Waals surface area contributed by atoms with Crippen LogP contribution < -0.4 is 10.1 Å². The van der Waals surface area contributed by atoms with E-state index in [1.807, 2.05) is 46.0 Å². The van der Waals surface area contributed by atoms with E-state index in [0.717, 1.165) is 11.4 Å². The summed E-state index contributed by atoms with van der Waals surface area (Å²) in [6.45, 7) is 4.13. The van der Waals surface area contributed by atoms with Crippen LogP contribution in [0.1, 0.15) is 18.3 Å². The predicted molar refractivity (Wildman–Crippen MR) is 104 cm³/mol. The first-order valence-electron chi connectivity index (χ1n) is 9.26. The van der Waals surface area contributed by atoms with Crippen molar-refractivity contribution in [2.45, 2.75) is 32.7 Å². The number of amides is 1. The minimum atomic E-state index is -0.534. The van der Waals surface area contributed by atoms with Gasteiger partial charge >= 0.3 is 0 Å². The number of carbonyl (C=O) groups excluding carboxylic acids is 1. The molecule has 1 amide bonds. The quantitative estimate of drug-likeness (QED) is 0.707. The molecule has 1 atom stereocenters. The largest absolute Gasteiger partial charge is 0.481 e. The van der Waals surface area contributed by atoms with E-state index in [-0.39, 0.29) is 5.91 Å². The van der Waals surface area contributed by atoms with Gasteiger partial charge in [-0.25, -0.2) is 9.97 Å². The third-order valence-corrected chi connectivity index (χ3v) is 4.56. The molecule has 3 heterocycles. The highest BCUT2D eigenvalue weighted by molar-refractivity contribution is 5.81. The number of nitrogens with one attached hydrogen (secondary N) is 1. The fraction of sp³-hybridized carbons (Fsp3) is 0.300. The van der Waals surface area contributed by atoms with Crippen molar-refractivity contribution in [3.05, 3.63) is 66.2 Å². The molecule has 0 aliphatic carbocycles. The Morgan fingerprint density at radius 1 is 1.18 bits per heavy atom. The number of aromatic nitrogens is 4. The monoisotopic (exact) mass is 378 g/mol. The zero-order valence-corrected chi connectivity index (χ0v) is 15.7. The van der Waals surface area contributed by atoms with Gasteiger partial charge in [0.1, 0.15) is 5.75 Å². The van der Waals surface area contributed by atoms with Crippen molar-refractivity contribution in [2.75, 3.05) is 11.9 Å². The number of benzene rings is 1. The molecule has 0 radical (unpaired) electrons. The Morgan fingerprint density at radius 2 is 1.96 bits per heavy atom. The van der Waals surface area contributed by atoms with E-state index in [1.54, 1.807) is 25.4 Å². The number of anilines is 1. The van der Waals surface area contributed by atoms with Crippen LogP contribution in [0.2, 0.25) is 0 Å². The molecule has 1 aliphatic heterocycles. The lowest BCUT2D eigenvalue weighted by atomic mass is 10.2. The zero-order valence-electron chi connectivity index (χ0n) is 15.7. The molecule has 0 saturated carbocycles. The van der Waals surface area contributed by atoms with Crippen molar-refractivity contribution >= 4 is 11.9 Å². The van der Waals surface area contributed by atoms with Gasteiger partial charge in [0.2, 0.25) is 5.95 Å². The first kappa shape index (κ1) is 18.0. The maximum Gasteiger partial charge on any atom is 0.263 e. The summed E-state index contributed by atoms with van der Waals surface area (Å²) >= 11 is 0. The third kappa shape index (κ3) is 4.11. The van der Waals surface area contributed by atoms with Crippen LogP contribution in [-0.4, -0.2) is 43.2 Å². The fourth-order valence-corrected chi connectivity index (χ4v) is 3.17. The highest BCUT2D eigenvalue weighted by atomic mass is 16.5. The molecule has 3 aromatic rings. The second kappa shape index (κ2) is 8.08. The van der Waals surface area contributed by atoms with E-state index < -0.39 is 6.10 Å². The van der Waals surface area contributed by atoms with Crippen LogP contribution in [0.3, 0.4) is 0 Å². The lowest BCUT2D eigenvalue weighted by molar-refractivity contribution is -0.139. The molecular weight excluding hydrogens is 356 g/mol. The number of ether oxygens (including phenoxy) is 1. The number of para-hydroxylation sites is 1. The Kier molecular flexibility index (Phi) is 5.18. The van der Waals surface area contributed by atoms with Crippen LogP contribution in [0.25, 0.3) is 0 Å². The summed E-state index contributed by atoms with van der Waals surface area (Å²) in [6, 6.07) is 13.2. The number of fused-ring (bicyclic) bond motifs is 1. The topological polar surface area (TPSA) is 85.2 Å². The summed E-state index contributed by atoms with van der Waals surface area (Å²) in [7, 11) is 0. The smallest absolute Gasteiger partial charge is 0.263 e. The van der Waals surface area contributed by atoms with Crippen molar-refractivity contribution in [1.29, 1.82) is 0 Å². The molecule has 0 unspecified atom stereocenters. The first-order valence-corrected chi connectivity index (χ1v) is 9.26. The number of rotatable bonds is 6. The van der Waals surface area contributed by atoms with Crippen molar-refractivity contribution in [2.24, 2.45) is 0 Å². The zero-order chi connectivity index (χ0) is 19.3. The average Bonchev–Trinajstić information content (AvgIpc) is 3.15. The molecule has 0 saturated heterocycles. The molecule has 1 aromatic carbocycles. The molecule has 8 nitrogen and oxygen atoms in total. The van der Waals surface area contributed by atoms with Crippen LogP contribution in [0, 0.1) is 0 Å². The summed E-state index contributed by atoms with van der Waals surface area (Å²) in [4.78, 5) is 22.9. The molecule has 28 heavy (non-hydrogen) atoms. The van der Waals surface area contributed by atoms with Crippen LogP contribution >= 0.6 is 0 Å². The molecule has 1 aliphatic rings. The minimum absolute atomic E-state index is 0.0198. The van der Waals surface area contributed by atoms with Gasteiger partial charge in [-0.05, 0) is 31.2 Å². The summed E-state index contributed by atoms with van der Waals surface area (Å²) in [5.74, 6) is 1.24. The van der Waals surface area contributed by atoms with Gasteiger partial charge in [-0.3, -0.25) is 9.48 Å². The third-order valence-electron chi connectivity index (χ3n) is 4.56. The van der Waals surface area contributed by atoms with Crippen LogP contribution in [0.5, 0.6) is 5.75 Å².